The molecule has 0 saturated heterocycles. The molecule has 0 bridgehead atoms. The molecule has 0 fully saturated rings. The van der Waals surface area contributed by atoms with Crippen molar-refractivity contribution in [1.82, 2.24) is 14.9 Å². The van der Waals surface area contributed by atoms with Crippen molar-refractivity contribution in [2.24, 2.45) is 0 Å². The Hall–Kier alpha value is -0.880. The first-order valence-electron chi connectivity index (χ1n) is 7.43. The molecular formula is C14H26BrN5. The molecule has 0 atom stereocenters. The number of nitrogens with one attached hydrogen (secondary N) is 2. The predicted molar refractivity (Wildman–Crippen MR) is 89.4 cm³/mol. The third-order valence-electron chi connectivity index (χ3n) is 3.12. The van der Waals surface area contributed by atoms with Crippen molar-refractivity contribution < 1.29 is 0 Å². The highest BCUT2D eigenvalue weighted by molar-refractivity contribution is 9.10. The second-order valence-electron chi connectivity index (χ2n) is 4.62. The van der Waals surface area contributed by atoms with Gasteiger partial charge in [0.2, 0.25) is 5.95 Å². The van der Waals surface area contributed by atoms with Crippen molar-refractivity contribution >= 4 is 27.7 Å². The molecule has 0 aliphatic heterocycles. The predicted octanol–water partition coefficient (Wildman–Crippen LogP) is 3.20. The Labute approximate surface area is 130 Å². The van der Waals surface area contributed by atoms with Gasteiger partial charge in [0.15, 0.2) is 0 Å². The molecule has 2 N–H and O–H groups in total. The number of anilines is 2. The maximum absolute atomic E-state index is 4.47. The topological polar surface area (TPSA) is 53.1 Å². The van der Waals surface area contributed by atoms with Crippen molar-refractivity contribution in [2.45, 2.75) is 33.6 Å². The molecule has 1 heterocycles. The highest BCUT2D eigenvalue weighted by Gasteiger charge is 2.04. The normalized spacial score (nSPS) is 10.8. The van der Waals surface area contributed by atoms with Gasteiger partial charge in [0.05, 0.1) is 4.47 Å². The summed E-state index contributed by atoms with van der Waals surface area (Å²) in [5, 5.41) is 6.57. The van der Waals surface area contributed by atoms with Crippen LogP contribution in [0.4, 0.5) is 11.8 Å². The van der Waals surface area contributed by atoms with Crippen molar-refractivity contribution in [2.75, 3.05) is 43.4 Å². The zero-order valence-corrected chi connectivity index (χ0v) is 14.3. The van der Waals surface area contributed by atoms with E-state index in [1.165, 1.54) is 0 Å². The lowest BCUT2D eigenvalue weighted by Crippen LogP contribution is -2.25. The smallest absolute Gasteiger partial charge is 0.224 e. The quantitative estimate of drug-likeness (QED) is 0.639. The van der Waals surface area contributed by atoms with Crippen LogP contribution in [0, 0.1) is 0 Å². The van der Waals surface area contributed by atoms with Crippen LogP contribution in [-0.4, -0.2) is 47.6 Å². The van der Waals surface area contributed by atoms with E-state index in [9.17, 15) is 0 Å². The van der Waals surface area contributed by atoms with Gasteiger partial charge < -0.3 is 15.5 Å². The van der Waals surface area contributed by atoms with Gasteiger partial charge in [-0.1, -0.05) is 20.8 Å². The SMILES string of the molecule is CCCNc1ncc(Br)c(NCCCN(CC)CC)n1. The van der Waals surface area contributed by atoms with E-state index in [-0.39, 0.29) is 0 Å². The van der Waals surface area contributed by atoms with Gasteiger partial charge in [0.1, 0.15) is 5.82 Å². The van der Waals surface area contributed by atoms with Crippen LogP contribution in [0.5, 0.6) is 0 Å². The largest absolute Gasteiger partial charge is 0.369 e. The van der Waals surface area contributed by atoms with Gasteiger partial charge in [-0.2, -0.15) is 4.98 Å². The van der Waals surface area contributed by atoms with Crippen molar-refractivity contribution in [3.8, 4) is 0 Å². The highest BCUT2D eigenvalue weighted by atomic mass is 79.9. The molecule has 0 amide bonds. The van der Waals surface area contributed by atoms with Crippen LogP contribution in [-0.2, 0) is 0 Å². The summed E-state index contributed by atoms with van der Waals surface area (Å²) in [6.45, 7) is 11.7. The van der Waals surface area contributed by atoms with Gasteiger partial charge in [-0.15, -0.1) is 0 Å². The van der Waals surface area contributed by atoms with E-state index in [1.807, 2.05) is 0 Å². The summed E-state index contributed by atoms with van der Waals surface area (Å²) in [6.07, 6.45) is 3.96. The molecule has 1 rings (SSSR count). The third-order valence-corrected chi connectivity index (χ3v) is 3.70. The maximum atomic E-state index is 4.47. The monoisotopic (exact) mass is 343 g/mol. The first kappa shape index (κ1) is 17.2. The number of halogens is 1. The number of hydrogen-bond donors (Lipinski definition) is 2. The standard InChI is InChI=1S/C14H26BrN5/c1-4-8-17-14-18-11-12(15)13(19-14)16-9-7-10-20(5-2)6-3/h11H,4-10H2,1-3H3,(H2,16,17,18,19). The van der Waals surface area contributed by atoms with Gasteiger partial charge in [0.25, 0.3) is 0 Å². The molecule has 0 aliphatic carbocycles. The summed E-state index contributed by atoms with van der Waals surface area (Å²) in [7, 11) is 0. The van der Waals surface area contributed by atoms with Crippen molar-refractivity contribution in [3.05, 3.63) is 10.7 Å². The van der Waals surface area contributed by atoms with E-state index in [0.717, 1.165) is 55.9 Å². The van der Waals surface area contributed by atoms with E-state index in [0.29, 0.717) is 5.95 Å². The molecule has 0 aromatic carbocycles. The molecular weight excluding hydrogens is 318 g/mol. The molecule has 5 nitrogen and oxygen atoms in total. The highest BCUT2D eigenvalue weighted by Crippen LogP contribution is 2.19. The van der Waals surface area contributed by atoms with E-state index >= 15 is 0 Å². The Kier molecular flexibility index (Phi) is 8.53. The van der Waals surface area contributed by atoms with E-state index in [4.69, 9.17) is 0 Å². The zero-order chi connectivity index (χ0) is 14.8. The Morgan fingerprint density at radius 3 is 2.55 bits per heavy atom. The van der Waals surface area contributed by atoms with Crippen molar-refractivity contribution in [3.63, 3.8) is 0 Å². The van der Waals surface area contributed by atoms with Crippen LogP contribution in [0.2, 0.25) is 0 Å². The summed E-state index contributed by atoms with van der Waals surface area (Å²) in [5.41, 5.74) is 0. The Bertz CT molecular complexity index is 382. The molecule has 6 heteroatoms. The van der Waals surface area contributed by atoms with Gasteiger partial charge in [-0.25, -0.2) is 4.98 Å². The second kappa shape index (κ2) is 9.94. The zero-order valence-electron chi connectivity index (χ0n) is 12.7. The summed E-state index contributed by atoms with van der Waals surface area (Å²) < 4.78 is 0.905. The van der Waals surface area contributed by atoms with Crippen LogP contribution in [0.15, 0.2) is 10.7 Å². The van der Waals surface area contributed by atoms with Gasteiger partial charge in [0, 0.05) is 19.3 Å². The lowest BCUT2D eigenvalue weighted by atomic mass is 10.3. The third kappa shape index (κ3) is 6.05. The molecule has 0 unspecified atom stereocenters. The lowest BCUT2D eigenvalue weighted by Gasteiger charge is -2.18. The fraction of sp³-hybridized carbons (Fsp3) is 0.714. The number of rotatable bonds is 10. The molecule has 0 saturated carbocycles. The van der Waals surface area contributed by atoms with Gasteiger partial charge in [-0.3, -0.25) is 0 Å². The Morgan fingerprint density at radius 2 is 1.90 bits per heavy atom. The number of hydrogen-bond acceptors (Lipinski definition) is 5. The van der Waals surface area contributed by atoms with E-state index in [2.05, 4.69) is 62.2 Å². The fourth-order valence-corrected chi connectivity index (χ4v) is 2.19. The van der Waals surface area contributed by atoms with Crippen molar-refractivity contribution in [1.29, 1.82) is 0 Å². The number of nitrogens with zero attached hydrogens (tertiary/aromatic N) is 3. The minimum absolute atomic E-state index is 0.682. The average molecular weight is 344 g/mol. The molecule has 20 heavy (non-hydrogen) atoms. The Morgan fingerprint density at radius 1 is 1.15 bits per heavy atom. The first-order valence-corrected chi connectivity index (χ1v) is 8.23. The Balaban J connectivity index is 2.42. The summed E-state index contributed by atoms with van der Waals surface area (Å²) in [6, 6.07) is 0. The van der Waals surface area contributed by atoms with Crippen LogP contribution in [0.25, 0.3) is 0 Å². The average Bonchev–Trinajstić information content (AvgIpc) is 2.47. The first-order chi connectivity index (χ1) is 9.71. The lowest BCUT2D eigenvalue weighted by molar-refractivity contribution is 0.303. The second-order valence-corrected chi connectivity index (χ2v) is 5.48. The summed E-state index contributed by atoms with van der Waals surface area (Å²) in [5.74, 6) is 1.54. The fourth-order valence-electron chi connectivity index (χ4n) is 1.86. The summed E-state index contributed by atoms with van der Waals surface area (Å²) in [4.78, 5) is 11.1. The summed E-state index contributed by atoms with van der Waals surface area (Å²) >= 11 is 3.48. The minimum atomic E-state index is 0.682. The molecule has 0 spiro atoms. The van der Waals surface area contributed by atoms with Crippen LogP contribution in [0.3, 0.4) is 0 Å². The van der Waals surface area contributed by atoms with E-state index in [1.54, 1.807) is 6.20 Å². The van der Waals surface area contributed by atoms with Crippen LogP contribution >= 0.6 is 15.9 Å². The number of aromatic nitrogens is 2. The minimum Gasteiger partial charge on any atom is -0.369 e. The molecule has 0 aliphatic rings. The van der Waals surface area contributed by atoms with Gasteiger partial charge >= 0.3 is 0 Å². The van der Waals surface area contributed by atoms with Crippen LogP contribution in [0.1, 0.15) is 33.6 Å². The van der Waals surface area contributed by atoms with Crippen LogP contribution < -0.4 is 10.6 Å². The molecule has 1 aromatic heterocycles. The molecule has 0 radical (unpaired) electrons. The van der Waals surface area contributed by atoms with Gasteiger partial charge in [-0.05, 0) is 48.4 Å². The molecule has 1 aromatic rings. The maximum Gasteiger partial charge on any atom is 0.224 e. The molecule has 114 valence electrons. The van der Waals surface area contributed by atoms with E-state index < -0.39 is 0 Å².